The maximum absolute atomic E-state index is 12.1. The third-order valence-electron chi connectivity index (χ3n) is 3.86. The van der Waals surface area contributed by atoms with E-state index in [0.717, 1.165) is 6.42 Å². The van der Waals surface area contributed by atoms with Gasteiger partial charge in [0, 0.05) is 0 Å². The van der Waals surface area contributed by atoms with E-state index in [1.165, 1.54) is 18.6 Å². The first-order chi connectivity index (χ1) is 11.1. The monoisotopic (exact) mass is 321 g/mol. The summed E-state index contributed by atoms with van der Waals surface area (Å²) in [6.45, 7) is 2.19. The first-order valence-corrected chi connectivity index (χ1v) is 7.53. The molecule has 2 N–H and O–H groups in total. The summed E-state index contributed by atoms with van der Waals surface area (Å²) in [4.78, 5) is 33.9. The van der Waals surface area contributed by atoms with Crippen LogP contribution in [0.1, 0.15) is 19.8 Å². The molecular weight excluding hydrogens is 303 g/mol. The maximum Gasteiger partial charge on any atom is 0.394 e. The van der Waals surface area contributed by atoms with E-state index in [0.29, 0.717) is 12.2 Å². The summed E-state index contributed by atoms with van der Waals surface area (Å²) in [5.41, 5.74) is -0.0497. The molecule has 123 valence electrons. The minimum atomic E-state index is -0.524. The highest BCUT2D eigenvalue weighted by Gasteiger charge is 2.39. The highest BCUT2D eigenvalue weighted by atomic mass is 16.5. The number of hydrogen-bond donors (Lipinski definition) is 2. The van der Waals surface area contributed by atoms with Crippen LogP contribution in [0.3, 0.4) is 0 Å². The van der Waals surface area contributed by atoms with Gasteiger partial charge < -0.3 is 29.3 Å². The molecule has 1 aromatic heterocycles. The fourth-order valence-corrected chi connectivity index (χ4v) is 2.84. The van der Waals surface area contributed by atoms with Crippen LogP contribution in [-0.4, -0.2) is 60.6 Å². The van der Waals surface area contributed by atoms with Gasteiger partial charge in [-0.1, -0.05) is 0 Å². The van der Waals surface area contributed by atoms with Crippen molar-refractivity contribution in [3.05, 3.63) is 16.7 Å². The predicted molar refractivity (Wildman–Crippen MR) is 82.4 cm³/mol. The van der Waals surface area contributed by atoms with Crippen molar-refractivity contribution >= 4 is 24.8 Å². The molecule has 1 saturated heterocycles. The molecule has 0 bridgehead atoms. The average Bonchev–Trinajstić information content (AvgIpc) is 3.13. The van der Waals surface area contributed by atoms with Crippen LogP contribution in [0.5, 0.6) is 0 Å². The van der Waals surface area contributed by atoms with Gasteiger partial charge >= 0.3 is 7.41 Å². The number of aromatic nitrogens is 2. The zero-order valence-corrected chi connectivity index (χ0v) is 12.8. The van der Waals surface area contributed by atoms with Gasteiger partial charge in [0.15, 0.2) is 5.82 Å². The Labute approximate surface area is 133 Å². The molecular formula is C13H18BN4O5. The zero-order valence-electron chi connectivity index (χ0n) is 12.8. The third kappa shape index (κ3) is 3.04. The van der Waals surface area contributed by atoms with Crippen molar-refractivity contribution in [2.75, 3.05) is 29.6 Å². The second kappa shape index (κ2) is 6.59. The number of H-pyrrole nitrogens is 1. The molecule has 10 heteroatoms. The Morgan fingerprint density at radius 2 is 2.43 bits per heavy atom. The molecule has 0 spiro atoms. The number of carbonyl (C=O) groups excluding carboxylic acids is 1. The Morgan fingerprint density at radius 3 is 3.13 bits per heavy atom. The topological polar surface area (TPSA) is 108 Å². The third-order valence-corrected chi connectivity index (χ3v) is 3.86. The van der Waals surface area contributed by atoms with Crippen molar-refractivity contribution in [1.29, 1.82) is 0 Å². The number of aromatic amines is 1. The van der Waals surface area contributed by atoms with Crippen LogP contribution in [0.2, 0.25) is 0 Å². The Kier molecular flexibility index (Phi) is 4.53. The first-order valence-electron chi connectivity index (χ1n) is 7.53. The maximum atomic E-state index is 12.1. The molecule has 1 fully saturated rings. The Balaban J connectivity index is 1.84. The Hall–Kier alpha value is -2.07. The number of ether oxygens (including phenoxy) is 2. The van der Waals surface area contributed by atoms with Crippen LogP contribution < -0.4 is 15.3 Å². The van der Waals surface area contributed by atoms with E-state index >= 15 is 0 Å². The van der Waals surface area contributed by atoms with E-state index in [-0.39, 0.29) is 43.5 Å². The van der Waals surface area contributed by atoms with Crippen LogP contribution in [0.15, 0.2) is 11.1 Å². The van der Waals surface area contributed by atoms with E-state index < -0.39 is 5.87 Å². The molecule has 2 aliphatic heterocycles. The number of hydrogen-bond acceptors (Lipinski definition) is 8. The molecule has 0 aliphatic carbocycles. The molecule has 3 heterocycles. The molecule has 0 saturated carbocycles. The molecule has 0 amide bonds. The van der Waals surface area contributed by atoms with Crippen molar-refractivity contribution in [3.8, 4) is 0 Å². The second-order valence-corrected chi connectivity index (χ2v) is 5.34. The van der Waals surface area contributed by atoms with Crippen LogP contribution in [-0.2, 0) is 9.47 Å². The summed E-state index contributed by atoms with van der Waals surface area (Å²) < 4.78 is 10.7. The van der Waals surface area contributed by atoms with Gasteiger partial charge in [-0.3, -0.25) is 9.59 Å². The SMILES string of the molecule is CCOC(=O)[B]N1CN([C@H]2CC[C@@H](CO)O2)c2nc[nH]c(=O)c21. The van der Waals surface area contributed by atoms with Gasteiger partial charge in [-0.05, 0) is 19.8 Å². The van der Waals surface area contributed by atoms with Crippen LogP contribution >= 0.6 is 0 Å². The lowest BCUT2D eigenvalue weighted by Gasteiger charge is -2.26. The van der Waals surface area contributed by atoms with E-state index in [9.17, 15) is 14.7 Å². The highest BCUT2D eigenvalue weighted by Crippen LogP contribution is 2.35. The molecule has 0 aromatic carbocycles. The zero-order chi connectivity index (χ0) is 16.4. The molecule has 2 aliphatic rings. The quantitative estimate of drug-likeness (QED) is 0.707. The van der Waals surface area contributed by atoms with Gasteiger partial charge in [0.2, 0.25) is 0 Å². The van der Waals surface area contributed by atoms with Crippen molar-refractivity contribution in [3.63, 3.8) is 0 Å². The molecule has 1 aromatic rings. The van der Waals surface area contributed by atoms with Gasteiger partial charge in [-0.15, -0.1) is 0 Å². The number of rotatable bonds is 5. The van der Waals surface area contributed by atoms with Crippen molar-refractivity contribution in [1.82, 2.24) is 9.97 Å². The molecule has 1 radical (unpaired) electrons. The van der Waals surface area contributed by atoms with Gasteiger partial charge in [-0.2, -0.15) is 0 Å². The summed E-state index contributed by atoms with van der Waals surface area (Å²) in [7, 11) is 1.25. The lowest BCUT2D eigenvalue weighted by molar-refractivity contribution is 0.0112. The summed E-state index contributed by atoms with van der Waals surface area (Å²) in [6, 6.07) is 0. The molecule has 3 rings (SSSR count). The van der Waals surface area contributed by atoms with Crippen LogP contribution in [0.4, 0.5) is 16.3 Å². The fourth-order valence-electron chi connectivity index (χ4n) is 2.84. The van der Waals surface area contributed by atoms with E-state index in [1.54, 1.807) is 6.92 Å². The number of fused-ring (bicyclic) bond motifs is 1. The van der Waals surface area contributed by atoms with Gasteiger partial charge in [0.05, 0.1) is 32.3 Å². The first kappa shape index (κ1) is 15.8. The molecule has 2 atom stereocenters. The lowest BCUT2D eigenvalue weighted by atomic mass is 9.92. The number of aliphatic hydroxyl groups excluding tert-OH is 1. The smallest absolute Gasteiger partial charge is 0.394 e. The summed E-state index contributed by atoms with van der Waals surface area (Å²) >= 11 is 0. The van der Waals surface area contributed by atoms with Crippen molar-refractivity contribution < 1.29 is 19.4 Å². The molecule has 0 unspecified atom stereocenters. The standard InChI is InChI=1S/C13H18BN4O5/c1-2-22-13(21)14-18-7-17(9-4-3-8(5-19)23-9)11-10(18)12(20)16-6-15-11/h6,8-9,19H,2-5,7H2,1H3,(H,15,16,20)/t8-,9+/m0/s1. The van der Waals surface area contributed by atoms with Gasteiger partial charge in [-0.25, -0.2) is 4.98 Å². The number of carbonyl (C=O) groups is 1. The average molecular weight is 321 g/mol. The number of nitrogens with zero attached hydrogens (tertiary/aromatic N) is 3. The predicted octanol–water partition coefficient (Wildman–Crippen LogP) is -0.373. The summed E-state index contributed by atoms with van der Waals surface area (Å²) in [6.07, 6.45) is 2.26. The van der Waals surface area contributed by atoms with Crippen molar-refractivity contribution in [2.24, 2.45) is 0 Å². The van der Waals surface area contributed by atoms with E-state index in [1.807, 2.05) is 4.90 Å². The number of nitrogens with one attached hydrogen (secondary N) is 1. The Morgan fingerprint density at radius 1 is 1.61 bits per heavy atom. The molecule has 9 nitrogen and oxygen atoms in total. The largest absolute Gasteiger partial charge is 0.473 e. The highest BCUT2D eigenvalue weighted by molar-refractivity contribution is 6.75. The van der Waals surface area contributed by atoms with E-state index in [2.05, 4.69) is 9.97 Å². The number of aliphatic hydroxyl groups is 1. The number of anilines is 2. The minimum Gasteiger partial charge on any atom is -0.473 e. The van der Waals surface area contributed by atoms with Crippen LogP contribution in [0.25, 0.3) is 0 Å². The minimum absolute atomic E-state index is 0.0430. The summed E-state index contributed by atoms with van der Waals surface area (Å²) in [5.74, 6) is -0.0676. The Bertz CT molecular complexity index is 639. The normalized spacial score (nSPS) is 23.0. The fraction of sp³-hybridized carbons (Fsp3) is 0.615. The second-order valence-electron chi connectivity index (χ2n) is 5.34. The van der Waals surface area contributed by atoms with Gasteiger partial charge in [0.1, 0.15) is 11.9 Å². The van der Waals surface area contributed by atoms with Crippen LogP contribution in [0, 0.1) is 0 Å². The lowest BCUT2D eigenvalue weighted by Crippen LogP contribution is -2.42. The van der Waals surface area contributed by atoms with Gasteiger partial charge in [0.25, 0.3) is 11.4 Å². The van der Waals surface area contributed by atoms with E-state index in [4.69, 9.17) is 9.47 Å². The molecule has 23 heavy (non-hydrogen) atoms. The summed E-state index contributed by atoms with van der Waals surface area (Å²) in [5, 5.41) is 9.20. The van der Waals surface area contributed by atoms with Crippen molar-refractivity contribution in [2.45, 2.75) is 32.1 Å².